The Bertz CT molecular complexity index is 426. The molecule has 1 unspecified atom stereocenters. The average molecular weight is 279 g/mol. The van der Waals surface area contributed by atoms with Crippen molar-refractivity contribution in [2.24, 2.45) is 5.41 Å². The Morgan fingerprint density at radius 3 is 2.45 bits per heavy atom. The number of hydrogen-bond donors (Lipinski definition) is 2. The van der Waals surface area contributed by atoms with Crippen LogP contribution in [-0.2, 0) is 4.79 Å². The maximum Gasteiger partial charge on any atom is 0.309 e. The average Bonchev–Trinajstić information content (AvgIpc) is 2.43. The van der Waals surface area contributed by atoms with Gasteiger partial charge in [0.05, 0.1) is 12.5 Å². The van der Waals surface area contributed by atoms with Crippen LogP contribution in [0.15, 0.2) is 24.3 Å². The van der Waals surface area contributed by atoms with E-state index < -0.39 is 11.4 Å². The second-order valence-electron chi connectivity index (χ2n) is 5.82. The number of aliphatic carboxylic acids is 1. The van der Waals surface area contributed by atoms with E-state index in [2.05, 4.69) is 24.4 Å². The molecule has 4 nitrogen and oxygen atoms in total. The van der Waals surface area contributed by atoms with Crippen LogP contribution in [0.3, 0.4) is 0 Å². The predicted octanol–water partition coefficient (Wildman–Crippen LogP) is 2.89. The SMILES string of the molecule is COc1ccc(C(C)CNCCC(C)(C)C(=O)O)cc1. The molecule has 4 heteroatoms. The molecule has 1 aromatic rings. The van der Waals surface area contributed by atoms with Gasteiger partial charge < -0.3 is 15.2 Å². The second kappa shape index (κ2) is 7.29. The van der Waals surface area contributed by atoms with Crippen molar-refractivity contribution in [1.29, 1.82) is 0 Å². The van der Waals surface area contributed by atoms with Gasteiger partial charge in [0, 0.05) is 6.54 Å². The lowest BCUT2D eigenvalue weighted by atomic mass is 9.89. The van der Waals surface area contributed by atoms with E-state index in [9.17, 15) is 4.79 Å². The lowest BCUT2D eigenvalue weighted by molar-refractivity contribution is -0.147. The number of benzene rings is 1. The molecule has 0 aromatic heterocycles. The second-order valence-corrected chi connectivity index (χ2v) is 5.82. The van der Waals surface area contributed by atoms with Gasteiger partial charge in [-0.3, -0.25) is 4.79 Å². The lowest BCUT2D eigenvalue weighted by Crippen LogP contribution is -2.30. The molecule has 0 radical (unpaired) electrons. The van der Waals surface area contributed by atoms with Gasteiger partial charge in [0.2, 0.25) is 0 Å². The van der Waals surface area contributed by atoms with Crippen LogP contribution in [0, 0.1) is 5.41 Å². The normalized spacial score (nSPS) is 13.0. The maximum atomic E-state index is 11.0. The third-order valence-corrected chi connectivity index (χ3v) is 3.64. The molecule has 0 aliphatic heterocycles. The summed E-state index contributed by atoms with van der Waals surface area (Å²) in [5.41, 5.74) is 0.576. The number of carboxylic acid groups (broad SMARTS) is 1. The van der Waals surface area contributed by atoms with E-state index in [0.717, 1.165) is 12.3 Å². The fourth-order valence-electron chi connectivity index (χ4n) is 1.88. The monoisotopic (exact) mass is 279 g/mol. The van der Waals surface area contributed by atoms with Crippen LogP contribution >= 0.6 is 0 Å². The summed E-state index contributed by atoms with van der Waals surface area (Å²) in [5, 5.41) is 12.4. The molecule has 0 bridgehead atoms. The first kappa shape index (κ1) is 16.5. The molecule has 0 saturated heterocycles. The molecule has 1 aromatic carbocycles. The number of hydrogen-bond acceptors (Lipinski definition) is 3. The molecule has 0 heterocycles. The molecule has 0 fully saturated rings. The first-order chi connectivity index (χ1) is 9.36. The van der Waals surface area contributed by atoms with Gasteiger partial charge in [-0.15, -0.1) is 0 Å². The summed E-state index contributed by atoms with van der Waals surface area (Å²) in [6.45, 7) is 7.20. The minimum absolute atomic E-state index is 0.383. The summed E-state index contributed by atoms with van der Waals surface area (Å²) in [6, 6.07) is 8.04. The Morgan fingerprint density at radius 2 is 1.95 bits per heavy atom. The van der Waals surface area contributed by atoms with E-state index in [4.69, 9.17) is 9.84 Å². The summed E-state index contributed by atoms with van der Waals surface area (Å²) in [7, 11) is 1.66. The molecular weight excluding hydrogens is 254 g/mol. The molecule has 112 valence electrons. The number of carboxylic acids is 1. The van der Waals surface area contributed by atoms with Crippen LogP contribution in [-0.4, -0.2) is 31.3 Å². The van der Waals surface area contributed by atoms with Crippen LogP contribution in [0.4, 0.5) is 0 Å². The highest BCUT2D eigenvalue weighted by Crippen LogP contribution is 2.20. The molecule has 2 N–H and O–H groups in total. The van der Waals surface area contributed by atoms with Gasteiger partial charge >= 0.3 is 5.97 Å². The Hall–Kier alpha value is -1.55. The number of methoxy groups -OCH3 is 1. The smallest absolute Gasteiger partial charge is 0.309 e. The van der Waals surface area contributed by atoms with Crippen LogP contribution in [0.2, 0.25) is 0 Å². The van der Waals surface area contributed by atoms with Crippen molar-refractivity contribution in [3.05, 3.63) is 29.8 Å². The van der Waals surface area contributed by atoms with Gasteiger partial charge in [-0.2, -0.15) is 0 Å². The van der Waals surface area contributed by atoms with Crippen molar-refractivity contribution in [2.75, 3.05) is 20.2 Å². The fourth-order valence-corrected chi connectivity index (χ4v) is 1.88. The minimum Gasteiger partial charge on any atom is -0.497 e. The van der Waals surface area contributed by atoms with E-state index in [1.54, 1.807) is 21.0 Å². The third kappa shape index (κ3) is 4.85. The van der Waals surface area contributed by atoms with Crippen molar-refractivity contribution in [3.8, 4) is 5.75 Å². The highest BCUT2D eigenvalue weighted by atomic mass is 16.5. The first-order valence-electron chi connectivity index (χ1n) is 6.95. The standard InChI is InChI=1S/C16H25NO3/c1-12(13-5-7-14(20-4)8-6-13)11-17-10-9-16(2,3)15(18)19/h5-8,12,17H,9-11H2,1-4H3,(H,18,19). The van der Waals surface area contributed by atoms with Gasteiger partial charge in [0.15, 0.2) is 0 Å². The quantitative estimate of drug-likeness (QED) is 0.718. The van der Waals surface area contributed by atoms with Crippen molar-refractivity contribution in [1.82, 2.24) is 5.32 Å². The Kier molecular flexibility index (Phi) is 6.02. The van der Waals surface area contributed by atoms with Crippen LogP contribution in [0.25, 0.3) is 0 Å². The molecule has 1 atom stereocenters. The summed E-state index contributed by atoms with van der Waals surface area (Å²) in [5.74, 6) is 0.494. The molecule has 0 aliphatic rings. The number of ether oxygens (including phenoxy) is 1. The first-order valence-corrected chi connectivity index (χ1v) is 6.95. The van der Waals surface area contributed by atoms with E-state index in [1.807, 2.05) is 12.1 Å². The highest BCUT2D eigenvalue weighted by molar-refractivity contribution is 5.73. The lowest BCUT2D eigenvalue weighted by Gasteiger charge is -2.20. The Balaban J connectivity index is 2.36. The van der Waals surface area contributed by atoms with Gasteiger partial charge in [-0.1, -0.05) is 19.1 Å². The van der Waals surface area contributed by atoms with E-state index in [-0.39, 0.29) is 0 Å². The predicted molar refractivity (Wildman–Crippen MR) is 80.3 cm³/mol. The Labute approximate surface area is 121 Å². The van der Waals surface area contributed by atoms with E-state index >= 15 is 0 Å². The zero-order valence-electron chi connectivity index (χ0n) is 12.8. The highest BCUT2D eigenvalue weighted by Gasteiger charge is 2.26. The molecule has 1 rings (SSSR count). The van der Waals surface area contributed by atoms with E-state index in [0.29, 0.717) is 18.9 Å². The topological polar surface area (TPSA) is 58.6 Å². The molecule has 0 amide bonds. The zero-order chi connectivity index (χ0) is 15.2. The minimum atomic E-state index is -0.748. The van der Waals surface area contributed by atoms with Gasteiger partial charge in [0.25, 0.3) is 0 Å². The molecule has 0 saturated carbocycles. The van der Waals surface area contributed by atoms with Crippen molar-refractivity contribution < 1.29 is 14.6 Å². The zero-order valence-corrected chi connectivity index (χ0v) is 12.8. The number of carbonyl (C=O) groups is 1. The van der Waals surface area contributed by atoms with E-state index in [1.165, 1.54) is 5.56 Å². The molecule has 0 aliphatic carbocycles. The molecule has 20 heavy (non-hydrogen) atoms. The van der Waals surface area contributed by atoms with Crippen LogP contribution in [0.1, 0.15) is 38.7 Å². The molecular formula is C16H25NO3. The third-order valence-electron chi connectivity index (χ3n) is 3.64. The van der Waals surface area contributed by atoms with Gasteiger partial charge in [0.1, 0.15) is 5.75 Å². The summed E-state index contributed by atoms with van der Waals surface area (Å²) in [4.78, 5) is 11.0. The Morgan fingerprint density at radius 1 is 1.35 bits per heavy atom. The fraction of sp³-hybridized carbons (Fsp3) is 0.562. The van der Waals surface area contributed by atoms with Crippen LogP contribution in [0.5, 0.6) is 5.75 Å². The maximum absolute atomic E-state index is 11.0. The van der Waals surface area contributed by atoms with Gasteiger partial charge in [-0.05, 0) is 50.4 Å². The summed E-state index contributed by atoms with van der Waals surface area (Å²) >= 11 is 0. The molecule has 0 spiro atoms. The number of nitrogens with one attached hydrogen (secondary N) is 1. The largest absolute Gasteiger partial charge is 0.497 e. The van der Waals surface area contributed by atoms with Gasteiger partial charge in [-0.25, -0.2) is 0 Å². The summed E-state index contributed by atoms with van der Waals surface area (Å²) in [6.07, 6.45) is 0.623. The summed E-state index contributed by atoms with van der Waals surface area (Å²) < 4.78 is 5.14. The van der Waals surface area contributed by atoms with Crippen molar-refractivity contribution in [2.45, 2.75) is 33.1 Å². The van der Waals surface area contributed by atoms with Crippen molar-refractivity contribution >= 4 is 5.97 Å². The van der Waals surface area contributed by atoms with Crippen LogP contribution < -0.4 is 10.1 Å². The van der Waals surface area contributed by atoms with Crippen molar-refractivity contribution in [3.63, 3.8) is 0 Å². The number of rotatable bonds is 8.